The van der Waals surface area contributed by atoms with Gasteiger partial charge in [-0.2, -0.15) is 6.07 Å². The Bertz CT molecular complexity index is 685. The first kappa shape index (κ1) is 29.2. The minimum absolute atomic E-state index is 0. The average Bonchev–Trinajstić information content (AvgIpc) is 3.56. The summed E-state index contributed by atoms with van der Waals surface area (Å²) in [4.78, 5) is 0. The van der Waals surface area contributed by atoms with E-state index in [-0.39, 0.29) is 43.0 Å². The zero-order chi connectivity index (χ0) is 22.8. The molecule has 0 spiro atoms. The quantitative estimate of drug-likeness (QED) is 0.181. The second kappa shape index (κ2) is 15.8. The van der Waals surface area contributed by atoms with Crippen molar-refractivity contribution in [3.8, 4) is 0 Å². The van der Waals surface area contributed by atoms with E-state index in [0.717, 1.165) is 11.3 Å². The van der Waals surface area contributed by atoms with Crippen molar-refractivity contribution in [2.75, 3.05) is 6.67 Å². The molecule has 5 heteroatoms. The fourth-order valence-electron chi connectivity index (χ4n) is 5.59. The van der Waals surface area contributed by atoms with Crippen molar-refractivity contribution in [2.45, 2.75) is 107 Å². The Morgan fingerprint density at radius 3 is 1.91 bits per heavy atom. The summed E-state index contributed by atoms with van der Waals surface area (Å²) in [5.41, 5.74) is 2.88. The summed E-state index contributed by atoms with van der Waals surface area (Å²) in [7, 11) is 2.52. The van der Waals surface area contributed by atoms with Crippen molar-refractivity contribution >= 4 is 22.5 Å². The molecule has 4 unspecified atom stereocenters. The van der Waals surface area contributed by atoms with Gasteiger partial charge in [0.15, 0.2) is 0 Å². The molecule has 2 aromatic rings. The van der Waals surface area contributed by atoms with Crippen LogP contribution >= 0.6 is 17.2 Å². The predicted octanol–water partition coefficient (Wildman–Crippen LogP) is 8.63. The van der Waals surface area contributed by atoms with E-state index in [9.17, 15) is 8.78 Å². The van der Waals surface area contributed by atoms with Gasteiger partial charge in [-0.3, -0.25) is 4.39 Å². The van der Waals surface area contributed by atoms with Crippen LogP contribution in [0.5, 0.6) is 0 Å². The Balaban J connectivity index is 0.000000568. The first-order chi connectivity index (χ1) is 15.6. The van der Waals surface area contributed by atoms with E-state index in [1.165, 1.54) is 69.8 Å². The number of hydrogen-bond acceptors (Lipinski definition) is 0. The molecule has 0 bridgehead atoms. The van der Waals surface area contributed by atoms with Crippen molar-refractivity contribution in [3.05, 3.63) is 54.1 Å². The zero-order valence-electron chi connectivity index (χ0n) is 20.1. The molecule has 2 fully saturated rings. The summed E-state index contributed by atoms with van der Waals surface area (Å²) in [6, 6.07) is 16.8. The van der Waals surface area contributed by atoms with Crippen LogP contribution in [0.2, 0.25) is 0 Å². The number of hydrogen-bond donors (Lipinski definition) is 0. The topological polar surface area (TPSA) is 0 Å². The molecular weight excluding hydrogens is 492 g/mol. The average molecular weight is 534 g/mol. The number of halogens is 2. The van der Waals surface area contributed by atoms with Crippen LogP contribution in [0, 0.1) is 0 Å². The third-order valence-electron chi connectivity index (χ3n) is 7.47. The summed E-state index contributed by atoms with van der Waals surface area (Å²) >= 11 is 0. The SMILES string of the molecule is CC([c-]1cccc1P(C1CCCCC1)C1CCCCC1)C(P)C(F)CCF.[Fe].[cH-]1[cH-][cH-][cH-][cH-]1. The molecule has 0 N–H and O–H groups in total. The molecule has 33 heavy (non-hydrogen) atoms. The van der Waals surface area contributed by atoms with E-state index in [0.29, 0.717) is 0 Å². The van der Waals surface area contributed by atoms with Crippen LogP contribution in [-0.2, 0) is 17.1 Å². The second-order valence-electron chi connectivity index (χ2n) is 9.68. The maximum Gasteiger partial charge on any atom is 0.108 e. The maximum atomic E-state index is 14.4. The first-order valence-corrected chi connectivity index (χ1v) is 14.9. The molecule has 0 amide bonds. The largest absolute Gasteiger partial charge is 0.748 e. The van der Waals surface area contributed by atoms with Gasteiger partial charge in [-0.05, 0) is 37.0 Å². The second-order valence-corrected chi connectivity index (χ2v) is 13.2. The Kier molecular flexibility index (Phi) is 14.0. The Labute approximate surface area is 215 Å². The van der Waals surface area contributed by atoms with Gasteiger partial charge in [0.05, 0.1) is 6.67 Å². The third-order valence-corrected chi connectivity index (χ3v) is 12.0. The molecule has 0 heterocycles. The molecule has 0 saturated heterocycles. The van der Waals surface area contributed by atoms with E-state index in [1.807, 2.05) is 30.3 Å². The van der Waals surface area contributed by atoms with E-state index in [1.54, 1.807) is 5.30 Å². The molecule has 0 aromatic heterocycles. The van der Waals surface area contributed by atoms with Crippen LogP contribution in [0.1, 0.15) is 89.0 Å². The van der Waals surface area contributed by atoms with E-state index in [2.05, 4.69) is 34.4 Å². The van der Waals surface area contributed by atoms with Gasteiger partial charge < -0.3 is 30.3 Å². The fourth-order valence-corrected chi connectivity index (χ4v) is 10.1. The van der Waals surface area contributed by atoms with Gasteiger partial charge >= 0.3 is 0 Å². The van der Waals surface area contributed by atoms with Gasteiger partial charge in [-0.15, -0.1) is 20.1 Å². The minimum Gasteiger partial charge on any atom is -0.748 e. The molecule has 4 atom stereocenters. The molecule has 2 aliphatic carbocycles. The van der Waals surface area contributed by atoms with Gasteiger partial charge in [0.25, 0.3) is 0 Å². The molecule has 2 aromatic carbocycles. The summed E-state index contributed by atoms with van der Waals surface area (Å²) in [6.45, 7) is 1.58. The van der Waals surface area contributed by atoms with Gasteiger partial charge in [0, 0.05) is 29.1 Å². The van der Waals surface area contributed by atoms with E-state index >= 15 is 0 Å². The number of rotatable bonds is 8. The van der Waals surface area contributed by atoms with Crippen LogP contribution in [-0.4, -0.2) is 29.8 Å². The number of alkyl halides is 2. The van der Waals surface area contributed by atoms with Crippen molar-refractivity contribution in [1.29, 1.82) is 0 Å². The molecule has 192 valence electrons. The summed E-state index contributed by atoms with van der Waals surface area (Å²) in [5.74, 6) is 0.138. The van der Waals surface area contributed by atoms with Gasteiger partial charge in [0.1, 0.15) is 6.17 Å². The molecule has 2 saturated carbocycles. The Morgan fingerprint density at radius 2 is 1.45 bits per heavy atom. The van der Waals surface area contributed by atoms with Crippen LogP contribution < -0.4 is 5.30 Å². The molecule has 0 aliphatic heterocycles. The van der Waals surface area contributed by atoms with Crippen molar-refractivity contribution < 1.29 is 25.8 Å². The van der Waals surface area contributed by atoms with Gasteiger partial charge in [0.2, 0.25) is 0 Å². The summed E-state index contributed by atoms with van der Waals surface area (Å²) in [5, 5.41) is 1.57. The van der Waals surface area contributed by atoms with Crippen molar-refractivity contribution in [3.63, 3.8) is 0 Å². The zero-order valence-corrected chi connectivity index (χ0v) is 23.3. The van der Waals surface area contributed by atoms with Gasteiger partial charge in [-0.25, -0.2) is 16.5 Å². The standard InChI is InChI=1S/C23H37F2P2.C5H5.Fe/c1-17(23(26)21(25)15-16-24)20-13-8-14-22(20)27(18-9-4-2-5-10-18)19-11-6-3-7-12-19;1-2-4-5-3-1;/h8,13-14,17-19,21,23H,2-7,9-12,15-16,26H2,1H3;1-5H;/q-1;-5;. The van der Waals surface area contributed by atoms with Crippen LogP contribution in [0.25, 0.3) is 0 Å². The third kappa shape index (κ3) is 8.53. The minimum atomic E-state index is -1.08. The maximum absolute atomic E-state index is 14.4. The Morgan fingerprint density at radius 1 is 0.970 bits per heavy atom. The summed E-state index contributed by atoms with van der Waals surface area (Å²) in [6.07, 6.45) is 12.8. The van der Waals surface area contributed by atoms with E-state index in [4.69, 9.17) is 0 Å². The molecule has 0 nitrogen and oxygen atoms in total. The smallest absolute Gasteiger partial charge is 0.108 e. The van der Waals surface area contributed by atoms with Crippen molar-refractivity contribution in [2.24, 2.45) is 0 Å². The van der Waals surface area contributed by atoms with E-state index < -0.39 is 12.8 Å². The molecule has 4 rings (SSSR count). The fraction of sp³-hybridized carbons (Fsp3) is 0.643. The first-order valence-electron chi connectivity index (χ1n) is 12.8. The Hall–Kier alpha value is -0.0605. The predicted molar refractivity (Wildman–Crippen MR) is 142 cm³/mol. The van der Waals surface area contributed by atoms with Crippen LogP contribution in [0.3, 0.4) is 0 Å². The summed E-state index contributed by atoms with van der Waals surface area (Å²) < 4.78 is 27.1. The molecular formula is C28H42F2FeP2-6. The monoisotopic (exact) mass is 534 g/mol. The normalized spacial score (nSPS) is 20.4. The van der Waals surface area contributed by atoms with Crippen LogP contribution in [0.15, 0.2) is 48.5 Å². The van der Waals surface area contributed by atoms with Gasteiger partial charge in [-0.1, -0.05) is 59.3 Å². The van der Waals surface area contributed by atoms with Crippen LogP contribution in [0.4, 0.5) is 8.78 Å². The molecule has 0 radical (unpaired) electrons. The van der Waals surface area contributed by atoms with Crippen molar-refractivity contribution in [1.82, 2.24) is 0 Å². The molecule has 2 aliphatic rings.